The molecule has 1 aliphatic rings. The van der Waals surface area contributed by atoms with Crippen molar-refractivity contribution in [2.24, 2.45) is 0 Å². The Morgan fingerprint density at radius 3 is 2.23 bits per heavy atom. The largest absolute Gasteiger partial charge is 0.339 e. The van der Waals surface area contributed by atoms with E-state index in [2.05, 4.69) is 10.6 Å². The molecule has 0 aromatic heterocycles. The maximum atomic E-state index is 12.2. The van der Waals surface area contributed by atoms with E-state index >= 15 is 0 Å². The van der Waals surface area contributed by atoms with Crippen molar-refractivity contribution in [3.05, 3.63) is 77.5 Å². The van der Waals surface area contributed by atoms with Crippen molar-refractivity contribution < 1.29 is 9.59 Å². The maximum absolute atomic E-state index is 12.2. The summed E-state index contributed by atoms with van der Waals surface area (Å²) in [6.45, 7) is 0. The highest BCUT2D eigenvalue weighted by molar-refractivity contribution is 6.07. The van der Waals surface area contributed by atoms with Crippen LogP contribution < -0.4 is 10.6 Å². The van der Waals surface area contributed by atoms with Gasteiger partial charge in [-0.3, -0.25) is 9.59 Å². The second-order valence-corrected chi connectivity index (χ2v) is 5.17. The second kappa shape index (κ2) is 6.26. The summed E-state index contributed by atoms with van der Waals surface area (Å²) in [5.74, 6) is -0.449. The van der Waals surface area contributed by atoms with Crippen molar-refractivity contribution in [1.82, 2.24) is 10.6 Å². The van der Waals surface area contributed by atoms with E-state index in [0.717, 1.165) is 11.1 Å². The van der Waals surface area contributed by atoms with E-state index in [1.807, 2.05) is 60.7 Å². The van der Waals surface area contributed by atoms with Crippen molar-refractivity contribution in [3.63, 3.8) is 0 Å². The van der Waals surface area contributed by atoms with Gasteiger partial charge in [0, 0.05) is 6.42 Å². The lowest BCUT2D eigenvalue weighted by Gasteiger charge is -2.25. The molecule has 2 aromatic carbocycles. The summed E-state index contributed by atoms with van der Waals surface area (Å²) in [5.41, 5.74) is 2.16. The number of hydrogen-bond acceptors (Lipinski definition) is 2. The molecular formula is C18H16N2O2. The highest BCUT2D eigenvalue weighted by Crippen LogP contribution is 2.11. The highest BCUT2D eigenvalue weighted by atomic mass is 16.2. The Labute approximate surface area is 128 Å². The number of rotatable bonds is 3. The molecule has 2 aromatic rings. The first-order valence-corrected chi connectivity index (χ1v) is 7.15. The Balaban J connectivity index is 1.73. The zero-order chi connectivity index (χ0) is 15.4. The molecule has 1 fully saturated rings. The first kappa shape index (κ1) is 14.1. The summed E-state index contributed by atoms with van der Waals surface area (Å²) < 4.78 is 0. The van der Waals surface area contributed by atoms with Gasteiger partial charge in [0.1, 0.15) is 11.7 Å². The van der Waals surface area contributed by atoms with Gasteiger partial charge in [0.05, 0.1) is 0 Å². The zero-order valence-corrected chi connectivity index (χ0v) is 12.0. The van der Waals surface area contributed by atoms with E-state index < -0.39 is 6.04 Å². The van der Waals surface area contributed by atoms with Gasteiger partial charge in [-0.2, -0.15) is 0 Å². The van der Waals surface area contributed by atoms with Gasteiger partial charge >= 0.3 is 0 Å². The van der Waals surface area contributed by atoms with Gasteiger partial charge < -0.3 is 10.6 Å². The lowest BCUT2D eigenvalue weighted by molar-refractivity contribution is -0.131. The SMILES string of the molecule is O=C1N[C@@H](Cc2ccccc2)C(=O)NC1=Cc1ccccc1. The third kappa shape index (κ3) is 3.23. The van der Waals surface area contributed by atoms with Gasteiger partial charge in [-0.1, -0.05) is 60.7 Å². The van der Waals surface area contributed by atoms with Crippen LogP contribution in [-0.4, -0.2) is 17.9 Å². The van der Waals surface area contributed by atoms with Crippen LogP contribution in [0.3, 0.4) is 0 Å². The average molecular weight is 292 g/mol. The topological polar surface area (TPSA) is 58.2 Å². The van der Waals surface area contributed by atoms with Gasteiger partial charge in [-0.15, -0.1) is 0 Å². The number of piperazine rings is 1. The molecule has 2 amide bonds. The minimum atomic E-state index is -0.539. The van der Waals surface area contributed by atoms with E-state index in [-0.39, 0.29) is 17.5 Å². The molecule has 1 saturated heterocycles. The highest BCUT2D eigenvalue weighted by Gasteiger charge is 2.29. The Kier molecular flexibility index (Phi) is 4.01. The molecule has 1 atom stereocenters. The summed E-state index contributed by atoms with van der Waals surface area (Å²) in [5, 5.41) is 5.46. The van der Waals surface area contributed by atoms with Crippen molar-refractivity contribution >= 4 is 17.9 Å². The third-order valence-electron chi connectivity index (χ3n) is 3.52. The maximum Gasteiger partial charge on any atom is 0.268 e. The number of carbonyl (C=O) groups excluding carboxylic acids is 2. The van der Waals surface area contributed by atoms with Gasteiger partial charge in [0.15, 0.2) is 0 Å². The Morgan fingerprint density at radius 2 is 1.55 bits per heavy atom. The van der Waals surface area contributed by atoms with Gasteiger partial charge in [0.25, 0.3) is 5.91 Å². The molecule has 110 valence electrons. The van der Waals surface area contributed by atoms with Gasteiger partial charge in [0.2, 0.25) is 5.91 Å². The van der Waals surface area contributed by atoms with Crippen molar-refractivity contribution in [2.75, 3.05) is 0 Å². The molecule has 4 heteroatoms. The summed E-state index contributed by atoms with van der Waals surface area (Å²) in [6, 6.07) is 18.5. The fraction of sp³-hybridized carbons (Fsp3) is 0.111. The molecule has 3 rings (SSSR count). The monoisotopic (exact) mass is 292 g/mol. The first-order valence-electron chi connectivity index (χ1n) is 7.15. The lowest BCUT2D eigenvalue weighted by Crippen LogP contribution is -2.55. The molecule has 1 heterocycles. The van der Waals surface area contributed by atoms with E-state index in [4.69, 9.17) is 0 Å². The average Bonchev–Trinajstić information content (AvgIpc) is 2.54. The summed E-state index contributed by atoms with van der Waals surface area (Å²) in [4.78, 5) is 24.3. The van der Waals surface area contributed by atoms with Crippen molar-refractivity contribution in [1.29, 1.82) is 0 Å². The van der Waals surface area contributed by atoms with Crippen LogP contribution in [0.1, 0.15) is 11.1 Å². The molecular weight excluding hydrogens is 276 g/mol. The minimum Gasteiger partial charge on any atom is -0.339 e. The Morgan fingerprint density at radius 1 is 0.909 bits per heavy atom. The number of nitrogens with one attached hydrogen (secondary N) is 2. The van der Waals surface area contributed by atoms with E-state index in [9.17, 15) is 9.59 Å². The lowest BCUT2D eigenvalue weighted by atomic mass is 10.0. The summed E-state index contributed by atoms with van der Waals surface area (Å²) in [7, 11) is 0. The van der Waals surface area contributed by atoms with Crippen LogP contribution in [0.2, 0.25) is 0 Å². The quantitative estimate of drug-likeness (QED) is 0.849. The number of hydrogen-bond donors (Lipinski definition) is 2. The molecule has 0 spiro atoms. The van der Waals surface area contributed by atoms with Crippen LogP contribution in [-0.2, 0) is 16.0 Å². The van der Waals surface area contributed by atoms with Crippen LogP contribution in [0.25, 0.3) is 6.08 Å². The van der Waals surface area contributed by atoms with Crippen LogP contribution in [0, 0.1) is 0 Å². The molecule has 22 heavy (non-hydrogen) atoms. The molecule has 0 bridgehead atoms. The molecule has 2 N–H and O–H groups in total. The molecule has 0 saturated carbocycles. The first-order chi connectivity index (χ1) is 10.7. The fourth-order valence-corrected chi connectivity index (χ4v) is 2.39. The van der Waals surface area contributed by atoms with E-state index in [1.165, 1.54) is 0 Å². The standard InChI is InChI=1S/C18H16N2O2/c21-17-15(11-13-7-3-1-4-8-13)19-18(22)16(20-17)12-14-9-5-2-6-10-14/h1-11,16H,12H2,(H,19,22)(H,20,21)/t16-/m0/s1. The Bertz CT molecular complexity index is 708. The number of carbonyl (C=O) groups is 2. The third-order valence-corrected chi connectivity index (χ3v) is 3.52. The van der Waals surface area contributed by atoms with E-state index in [0.29, 0.717) is 6.42 Å². The van der Waals surface area contributed by atoms with Crippen LogP contribution >= 0.6 is 0 Å². The Hall–Kier alpha value is -2.88. The predicted octanol–water partition coefficient (Wildman–Crippen LogP) is 1.88. The van der Waals surface area contributed by atoms with Crippen LogP contribution in [0.4, 0.5) is 0 Å². The van der Waals surface area contributed by atoms with Gasteiger partial charge in [-0.25, -0.2) is 0 Å². The van der Waals surface area contributed by atoms with Crippen LogP contribution in [0.15, 0.2) is 66.4 Å². The molecule has 1 aliphatic heterocycles. The van der Waals surface area contributed by atoms with Gasteiger partial charge in [-0.05, 0) is 17.2 Å². The second-order valence-electron chi connectivity index (χ2n) is 5.17. The van der Waals surface area contributed by atoms with Crippen molar-refractivity contribution in [3.8, 4) is 0 Å². The van der Waals surface area contributed by atoms with Crippen LogP contribution in [0.5, 0.6) is 0 Å². The van der Waals surface area contributed by atoms with E-state index in [1.54, 1.807) is 6.08 Å². The summed E-state index contributed by atoms with van der Waals surface area (Å²) in [6.07, 6.45) is 2.16. The smallest absolute Gasteiger partial charge is 0.268 e. The normalized spacial score (nSPS) is 19.6. The predicted molar refractivity (Wildman–Crippen MR) is 84.6 cm³/mol. The number of benzene rings is 2. The number of amides is 2. The molecule has 0 radical (unpaired) electrons. The minimum absolute atomic E-state index is 0.189. The zero-order valence-electron chi connectivity index (χ0n) is 12.0. The fourth-order valence-electron chi connectivity index (χ4n) is 2.39. The summed E-state index contributed by atoms with van der Waals surface area (Å²) >= 11 is 0. The van der Waals surface area contributed by atoms with Crippen molar-refractivity contribution in [2.45, 2.75) is 12.5 Å². The molecule has 4 nitrogen and oxygen atoms in total. The molecule has 0 aliphatic carbocycles. The molecule has 0 unspecified atom stereocenters.